The topological polar surface area (TPSA) is 42.2 Å². The molecule has 0 atom stereocenters. The lowest BCUT2D eigenvalue weighted by Gasteiger charge is -2.22. The van der Waals surface area contributed by atoms with Crippen molar-refractivity contribution in [1.82, 2.24) is 10.2 Å². The molecule has 0 bridgehead atoms. The first-order chi connectivity index (χ1) is 7.61. The van der Waals surface area contributed by atoms with Crippen LogP contribution in [0.4, 0.5) is 6.01 Å². The molecule has 1 aliphatic rings. The van der Waals surface area contributed by atoms with E-state index in [0.29, 0.717) is 17.3 Å². The highest BCUT2D eigenvalue weighted by Crippen LogP contribution is 2.31. The molecule has 1 aliphatic heterocycles. The van der Waals surface area contributed by atoms with E-state index < -0.39 is 0 Å². The zero-order chi connectivity index (χ0) is 11.6. The summed E-state index contributed by atoms with van der Waals surface area (Å²) in [4.78, 5) is 2.16. The van der Waals surface area contributed by atoms with E-state index in [1.54, 1.807) is 0 Å². The van der Waals surface area contributed by atoms with Crippen molar-refractivity contribution in [2.24, 2.45) is 5.41 Å². The van der Waals surface area contributed by atoms with Gasteiger partial charge < -0.3 is 9.32 Å². The van der Waals surface area contributed by atoms with Crippen LogP contribution >= 0.6 is 11.6 Å². The van der Waals surface area contributed by atoms with E-state index in [9.17, 15) is 0 Å². The van der Waals surface area contributed by atoms with E-state index in [2.05, 4.69) is 28.9 Å². The minimum atomic E-state index is 0.284. The van der Waals surface area contributed by atoms with Crippen LogP contribution < -0.4 is 4.90 Å². The minimum absolute atomic E-state index is 0.284. The first-order valence-electron chi connectivity index (χ1n) is 5.74. The Bertz CT molecular complexity index is 351. The molecule has 0 aromatic carbocycles. The van der Waals surface area contributed by atoms with Gasteiger partial charge in [0, 0.05) is 13.1 Å². The van der Waals surface area contributed by atoms with Crippen molar-refractivity contribution in [3.63, 3.8) is 0 Å². The Morgan fingerprint density at radius 1 is 1.31 bits per heavy atom. The molecule has 0 unspecified atom stereocenters. The first-order valence-corrected chi connectivity index (χ1v) is 6.27. The fourth-order valence-electron chi connectivity index (χ4n) is 2.04. The van der Waals surface area contributed by atoms with Gasteiger partial charge in [0.2, 0.25) is 5.89 Å². The Labute approximate surface area is 101 Å². The summed E-state index contributed by atoms with van der Waals surface area (Å²) < 4.78 is 5.47. The highest BCUT2D eigenvalue weighted by Gasteiger charge is 2.25. The molecule has 4 nitrogen and oxygen atoms in total. The van der Waals surface area contributed by atoms with Crippen LogP contribution in [0.25, 0.3) is 0 Å². The monoisotopic (exact) mass is 243 g/mol. The van der Waals surface area contributed by atoms with Gasteiger partial charge in [-0.05, 0) is 24.7 Å². The first kappa shape index (κ1) is 11.7. The van der Waals surface area contributed by atoms with Crippen molar-refractivity contribution in [3.8, 4) is 0 Å². The third-order valence-electron chi connectivity index (χ3n) is 3.18. The van der Waals surface area contributed by atoms with Gasteiger partial charge in [0.25, 0.3) is 0 Å². The lowest BCUT2D eigenvalue weighted by molar-refractivity contribution is 0.324. The van der Waals surface area contributed by atoms with Gasteiger partial charge in [-0.2, -0.15) is 0 Å². The molecule has 0 spiro atoms. The third-order valence-corrected chi connectivity index (χ3v) is 3.41. The van der Waals surface area contributed by atoms with Gasteiger partial charge >= 0.3 is 6.01 Å². The summed E-state index contributed by atoms with van der Waals surface area (Å²) in [5, 5.41) is 7.91. The number of anilines is 1. The molecule has 16 heavy (non-hydrogen) atoms. The second-order valence-corrected chi connectivity index (χ2v) is 5.38. The fourth-order valence-corrected chi connectivity index (χ4v) is 2.15. The summed E-state index contributed by atoms with van der Waals surface area (Å²) in [6.45, 7) is 6.60. The molecule has 0 aliphatic carbocycles. The van der Waals surface area contributed by atoms with Gasteiger partial charge in [0.1, 0.15) is 5.88 Å². The van der Waals surface area contributed by atoms with Crippen LogP contribution in [0.1, 0.15) is 39.0 Å². The average molecular weight is 244 g/mol. The molecular formula is C11H18ClN3O. The summed E-state index contributed by atoms with van der Waals surface area (Å²) in [6.07, 6.45) is 3.58. The average Bonchev–Trinajstić information content (AvgIpc) is 2.64. The molecule has 5 heteroatoms. The van der Waals surface area contributed by atoms with E-state index >= 15 is 0 Å². The van der Waals surface area contributed by atoms with Crippen LogP contribution in [0.5, 0.6) is 0 Å². The van der Waals surface area contributed by atoms with Gasteiger partial charge in [-0.1, -0.05) is 18.9 Å². The van der Waals surface area contributed by atoms with Crippen molar-refractivity contribution >= 4 is 17.6 Å². The number of halogens is 1. The predicted octanol–water partition coefficient (Wildman–Crippen LogP) is 2.82. The summed E-state index contributed by atoms with van der Waals surface area (Å²) in [6, 6.07) is 0.619. The molecular weight excluding hydrogens is 226 g/mol. The van der Waals surface area contributed by atoms with Crippen LogP contribution in [-0.2, 0) is 5.88 Å². The Hall–Kier alpha value is -0.770. The predicted molar refractivity (Wildman–Crippen MR) is 63.7 cm³/mol. The number of aromatic nitrogens is 2. The van der Waals surface area contributed by atoms with Gasteiger partial charge in [-0.3, -0.25) is 0 Å². The van der Waals surface area contributed by atoms with Crippen LogP contribution in [-0.4, -0.2) is 23.3 Å². The Kier molecular flexibility index (Phi) is 3.38. The smallest absolute Gasteiger partial charge is 0.318 e. The van der Waals surface area contributed by atoms with Crippen LogP contribution in [0.2, 0.25) is 0 Å². The summed E-state index contributed by atoms with van der Waals surface area (Å²) in [5.74, 6) is 0.784. The molecule has 1 saturated heterocycles. The van der Waals surface area contributed by atoms with Crippen molar-refractivity contribution in [3.05, 3.63) is 5.89 Å². The van der Waals surface area contributed by atoms with Gasteiger partial charge in [-0.25, -0.2) is 0 Å². The zero-order valence-electron chi connectivity index (χ0n) is 9.87. The largest absolute Gasteiger partial charge is 0.407 e. The molecule has 0 radical (unpaired) electrons. The van der Waals surface area contributed by atoms with Gasteiger partial charge in [-0.15, -0.1) is 16.7 Å². The molecule has 1 aromatic heterocycles. The van der Waals surface area contributed by atoms with E-state index in [1.807, 2.05) is 0 Å². The van der Waals surface area contributed by atoms with Crippen molar-refractivity contribution in [2.75, 3.05) is 18.0 Å². The Morgan fingerprint density at radius 2 is 2.12 bits per heavy atom. The molecule has 1 fully saturated rings. The van der Waals surface area contributed by atoms with Crippen molar-refractivity contribution < 1.29 is 4.42 Å². The van der Waals surface area contributed by atoms with E-state index in [-0.39, 0.29) is 5.88 Å². The van der Waals surface area contributed by atoms with E-state index in [0.717, 1.165) is 19.5 Å². The summed E-state index contributed by atoms with van der Waals surface area (Å²) >= 11 is 5.64. The molecule has 0 amide bonds. The Balaban J connectivity index is 2.04. The van der Waals surface area contributed by atoms with E-state index in [4.69, 9.17) is 16.0 Å². The van der Waals surface area contributed by atoms with Gasteiger partial charge in [0.15, 0.2) is 0 Å². The normalized spacial score (nSPS) is 20.8. The zero-order valence-corrected chi connectivity index (χ0v) is 10.6. The van der Waals surface area contributed by atoms with Crippen LogP contribution in [0.15, 0.2) is 4.42 Å². The molecule has 2 heterocycles. The maximum absolute atomic E-state index is 5.64. The number of nitrogens with zero attached hydrogens (tertiary/aromatic N) is 3. The molecule has 0 saturated carbocycles. The third kappa shape index (κ3) is 2.67. The highest BCUT2D eigenvalue weighted by molar-refractivity contribution is 6.16. The number of hydrogen-bond donors (Lipinski definition) is 0. The number of hydrogen-bond acceptors (Lipinski definition) is 4. The SMILES string of the molecule is CC1(C)CCCN(c2nnc(CCl)o2)CC1. The summed E-state index contributed by atoms with van der Waals surface area (Å²) in [5.41, 5.74) is 0.421. The summed E-state index contributed by atoms with van der Waals surface area (Å²) in [7, 11) is 0. The van der Waals surface area contributed by atoms with Crippen LogP contribution in [0.3, 0.4) is 0 Å². The van der Waals surface area contributed by atoms with Crippen molar-refractivity contribution in [1.29, 1.82) is 0 Å². The second kappa shape index (κ2) is 4.62. The lowest BCUT2D eigenvalue weighted by atomic mass is 9.85. The van der Waals surface area contributed by atoms with E-state index in [1.165, 1.54) is 12.8 Å². The standard InChI is InChI=1S/C11H18ClN3O/c1-11(2)4-3-6-15(7-5-11)10-14-13-9(8-12)16-10/h3-8H2,1-2H3. The van der Waals surface area contributed by atoms with Crippen LogP contribution in [0, 0.1) is 5.41 Å². The quantitative estimate of drug-likeness (QED) is 0.749. The number of rotatable bonds is 2. The van der Waals surface area contributed by atoms with Gasteiger partial charge in [0.05, 0.1) is 0 Å². The molecule has 0 N–H and O–H groups in total. The Morgan fingerprint density at radius 3 is 2.81 bits per heavy atom. The highest BCUT2D eigenvalue weighted by atomic mass is 35.5. The fraction of sp³-hybridized carbons (Fsp3) is 0.818. The molecule has 2 rings (SSSR count). The molecule has 1 aromatic rings. The molecule has 90 valence electrons. The second-order valence-electron chi connectivity index (χ2n) is 5.12. The van der Waals surface area contributed by atoms with Crippen molar-refractivity contribution in [2.45, 2.75) is 39.0 Å². The lowest BCUT2D eigenvalue weighted by Crippen LogP contribution is -2.25. The maximum atomic E-state index is 5.64. The number of alkyl halides is 1. The minimum Gasteiger partial charge on any atom is -0.407 e. The maximum Gasteiger partial charge on any atom is 0.318 e.